The van der Waals surface area contributed by atoms with Crippen molar-refractivity contribution in [1.29, 1.82) is 0 Å². The maximum absolute atomic E-state index is 13.5. The van der Waals surface area contributed by atoms with Crippen LogP contribution in [0.4, 0.5) is 5.69 Å². The summed E-state index contributed by atoms with van der Waals surface area (Å²) in [6.07, 6.45) is 1.06. The summed E-state index contributed by atoms with van der Waals surface area (Å²) < 4.78 is 2.61. The number of thiocarbonyl (C=S) groups is 1. The van der Waals surface area contributed by atoms with Gasteiger partial charge in [-0.1, -0.05) is 78.0 Å². The molecule has 0 aliphatic carbocycles. The number of nitrogens with zero attached hydrogens (tertiary/aromatic N) is 2. The minimum Gasteiger partial charge on any atom is -0.356 e. The van der Waals surface area contributed by atoms with Crippen LogP contribution in [0.3, 0.4) is 0 Å². The lowest BCUT2D eigenvalue weighted by Crippen LogP contribution is -2.48. The fourth-order valence-corrected chi connectivity index (χ4v) is 6.72. The molecule has 2 aromatic carbocycles. The van der Waals surface area contributed by atoms with Crippen LogP contribution in [-0.2, 0) is 11.3 Å². The zero-order valence-corrected chi connectivity index (χ0v) is 21.7. The molecule has 0 saturated carbocycles. The molecule has 35 heavy (non-hydrogen) atoms. The van der Waals surface area contributed by atoms with Gasteiger partial charge >= 0.3 is 0 Å². The molecule has 1 fully saturated rings. The van der Waals surface area contributed by atoms with Crippen molar-refractivity contribution in [3.05, 3.63) is 98.9 Å². The second-order valence-electron chi connectivity index (χ2n) is 9.25. The number of aromatic nitrogens is 1. The van der Waals surface area contributed by atoms with Gasteiger partial charge in [-0.25, -0.2) is 0 Å². The van der Waals surface area contributed by atoms with Gasteiger partial charge in [0.1, 0.15) is 9.57 Å². The zero-order chi connectivity index (χ0) is 24.5. The molecule has 1 saturated heterocycles. The average molecular weight is 524 g/mol. The fraction of sp³-hybridized carbons (Fsp3) is 0.296. The number of anilines is 1. The molecule has 2 aliphatic rings. The quantitative estimate of drug-likeness (QED) is 0.449. The summed E-state index contributed by atoms with van der Waals surface area (Å²) in [5.41, 5.74) is 3.65. The third-order valence-corrected chi connectivity index (χ3v) is 8.72. The Balaban J connectivity index is 1.36. The number of likely N-dealkylation sites (tertiary alicyclic amines) is 1. The molecule has 3 heterocycles. The van der Waals surface area contributed by atoms with E-state index in [2.05, 4.69) is 10.2 Å². The van der Waals surface area contributed by atoms with E-state index < -0.39 is 5.25 Å². The molecule has 180 valence electrons. The number of pyridine rings is 1. The molecular weight excluding hydrogens is 498 g/mol. The number of nitrogens with one attached hydrogen (secondary N) is 1. The lowest BCUT2D eigenvalue weighted by Gasteiger charge is -2.43. The first-order chi connectivity index (χ1) is 16.9. The molecule has 0 unspecified atom stereocenters. The van der Waals surface area contributed by atoms with E-state index in [1.807, 2.05) is 72.2 Å². The Morgan fingerprint density at radius 2 is 1.89 bits per heavy atom. The fourth-order valence-electron chi connectivity index (χ4n) is 5.04. The summed E-state index contributed by atoms with van der Waals surface area (Å²) in [6, 6.07) is 20.8. The van der Waals surface area contributed by atoms with E-state index in [0.29, 0.717) is 27.5 Å². The van der Waals surface area contributed by atoms with Gasteiger partial charge < -0.3 is 14.8 Å². The van der Waals surface area contributed by atoms with E-state index in [1.165, 1.54) is 11.8 Å². The van der Waals surface area contributed by atoms with Gasteiger partial charge in [-0.3, -0.25) is 9.59 Å². The number of halogens is 1. The molecule has 3 aromatic rings. The van der Waals surface area contributed by atoms with Gasteiger partial charge in [-0.15, -0.1) is 0 Å². The first-order valence-corrected chi connectivity index (χ1v) is 13.3. The van der Waals surface area contributed by atoms with Gasteiger partial charge in [-0.2, -0.15) is 0 Å². The molecule has 0 spiro atoms. The Labute approximate surface area is 219 Å². The topological polar surface area (TPSA) is 54.3 Å². The molecule has 1 amide bonds. The van der Waals surface area contributed by atoms with Crippen molar-refractivity contribution < 1.29 is 4.79 Å². The number of aryl methyl sites for hydroxylation is 1. The summed E-state index contributed by atoms with van der Waals surface area (Å²) in [6.45, 7) is 4.21. The minimum absolute atomic E-state index is 0.0678. The van der Waals surface area contributed by atoms with E-state index >= 15 is 0 Å². The number of fused-ring (bicyclic) bond motifs is 4. The summed E-state index contributed by atoms with van der Waals surface area (Å²) >= 11 is 13.7. The molecule has 2 bridgehead atoms. The highest BCUT2D eigenvalue weighted by atomic mass is 35.5. The van der Waals surface area contributed by atoms with Crippen LogP contribution in [0.5, 0.6) is 0 Å². The van der Waals surface area contributed by atoms with Gasteiger partial charge in [0.15, 0.2) is 0 Å². The van der Waals surface area contributed by atoms with Crippen molar-refractivity contribution in [2.45, 2.75) is 31.1 Å². The van der Waals surface area contributed by atoms with E-state index in [0.717, 1.165) is 36.3 Å². The lowest BCUT2D eigenvalue weighted by atomic mass is 9.83. The maximum atomic E-state index is 13.5. The van der Waals surface area contributed by atoms with Crippen molar-refractivity contribution in [3.8, 4) is 0 Å². The Morgan fingerprint density at radius 3 is 2.66 bits per heavy atom. The molecule has 1 N–H and O–H groups in total. The highest BCUT2D eigenvalue weighted by molar-refractivity contribution is 8.23. The number of hydrogen-bond donors (Lipinski definition) is 1. The minimum atomic E-state index is -0.516. The second kappa shape index (κ2) is 10.2. The third-order valence-electron chi connectivity index (χ3n) is 6.68. The standard InChI is InChI=1S/C27H26ClN3O2S2/c1-17-10-11-22(21(28)12-17)29-26(33)25(19-6-3-2-4-7-19)35-27(34)30-14-18-13-20(16-30)23-8-5-9-24(32)31(23)15-18/h2-12,18,20,25H,13-16H2,1H3,(H,29,33)/t18-,20-,25+/m0/s1. The number of hydrogen-bond acceptors (Lipinski definition) is 4. The number of carbonyl (C=O) groups is 1. The van der Waals surface area contributed by atoms with Crippen LogP contribution >= 0.6 is 35.6 Å². The number of amides is 1. The summed E-state index contributed by atoms with van der Waals surface area (Å²) in [4.78, 5) is 28.0. The van der Waals surface area contributed by atoms with Gasteiger partial charge in [0.2, 0.25) is 5.91 Å². The number of thioether (sulfide) groups is 1. The Morgan fingerprint density at radius 1 is 1.09 bits per heavy atom. The lowest BCUT2D eigenvalue weighted by molar-refractivity contribution is -0.115. The van der Waals surface area contributed by atoms with Gasteiger partial charge in [0.25, 0.3) is 5.56 Å². The van der Waals surface area contributed by atoms with Gasteiger partial charge in [0.05, 0.1) is 10.7 Å². The average Bonchev–Trinajstić information content (AvgIpc) is 2.85. The molecule has 8 heteroatoms. The largest absolute Gasteiger partial charge is 0.356 e. The first-order valence-electron chi connectivity index (χ1n) is 11.7. The number of carbonyl (C=O) groups excluding carboxylic acids is 1. The van der Waals surface area contributed by atoms with Crippen LogP contribution in [0, 0.1) is 12.8 Å². The van der Waals surface area contributed by atoms with E-state index in [-0.39, 0.29) is 17.4 Å². The van der Waals surface area contributed by atoms with Crippen LogP contribution in [0.25, 0.3) is 0 Å². The molecule has 2 aliphatic heterocycles. The van der Waals surface area contributed by atoms with E-state index in [4.69, 9.17) is 23.8 Å². The summed E-state index contributed by atoms with van der Waals surface area (Å²) in [5.74, 6) is 0.448. The Bertz CT molecular complexity index is 1330. The molecule has 3 atom stereocenters. The SMILES string of the molecule is Cc1ccc(NC(=O)[C@H](SC(=S)N2C[C@@H]3C[C@@H](C2)c2cccc(=O)n2C3)c2ccccc2)c(Cl)c1. The summed E-state index contributed by atoms with van der Waals surface area (Å²) in [5, 5.41) is 2.99. The smallest absolute Gasteiger partial charge is 0.250 e. The normalized spacial score (nSPS) is 19.5. The highest BCUT2D eigenvalue weighted by Gasteiger charge is 2.36. The van der Waals surface area contributed by atoms with E-state index in [1.54, 1.807) is 6.07 Å². The Kier molecular flexibility index (Phi) is 7.00. The first kappa shape index (κ1) is 24.1. The van der Waals surface area contributed by atoms with Gasteiger partial charge in [-0.05, 0) is 48.6 Å². The predicted octanol–water partition coefficient (Wildman–Crippen LogP) is 5.63. The maximum Gasteiger partial charge on any atom is 0.250 e. The zero-order valence-electron chi connectivity index (χ0n) is 19.3. The summed E-state index contributed by atoms with van der Waals surface area (Å²) in [7, 11) is 0. The van der Waals surface area contributed by atoms with Gasteiger partial charge in [0, 0.05) is 37.3 Å². The molecule has 5 rings (SSSR count). The number of rotatable bonds is 4. The molecule has 5 nitrogen and oxygen atoms in total. The second-order valence-corrected chi connectivity index (χ2v) is 11.4. The van der Waals surface area contributed by atoms with Crippen LogP contribution < -0.4 is 10.9 Å². The molecule has 1 aromatic heterocycles. The molecule has 0 radical (unpaired) electrons. The van der Waals surface area contributed by atoms with Crippen molar-refractivity contribution >= 4 is 51.5 Å². The number of benzene rings is 2. The van der Waals surface area contributed by atoms with Crippen molar-refractivity contribution in [2.75, 3.05) is 18.4 Å². The van der Waals surface area contributed by atoms with Crippen molar-refractivity contribution in [2.24, 2.45) is 5.92 Å². The molecular formula is C27H26ClN3O2S2. The monoisotopic (exact) mass is 523 g/mol. The number of piperidine rings is 1. The predicted molar refractivity (Wildman–Crippen MR) is 147 cm³/mol. The third kappa shape index (κ3) is 5.17. The van der Waals surface area contributed by atoms with Crippen LogP contribution in [0.15, 0.2) is 71.5 Å². The van der Waals surface area contributed by atoms with Crippen molar-refractivity contribution in [3.63, 3.8) is 0 Å². The van der Waals surface area contributed by atoms with Crippen molar-refractivity contribution in [1.82, 2.24) is 9.47 Å². The van der Waals surface area contributed by atoms with Crippen LogP contribution in [0.2, 0.25) is 5.02 Å². The van der Waals surface area contributed by atoms with E-state index in [9.17, 15) is 9.59 Å². The highest BCUT2D eigenvalue weighted by Crippen LogP contribution is 2.39. The Hall–Kier alpha value is -2.61. The van der Waals surface area contributed by atoms with Crippen LogP contribution in [-0.4, -0.2) is 32.8 Å². The van der Waals surface area contributed by atoms with Crippen LogP contribution in [0.1, 0.15) is 34.4 Å².